The number of piperazine rings is 1. The number of pyridine rings is 1. The molecule has 0 radical (unpaired) electrons. The number of aromatic nitrogens is 3. The predicted octanol–water partition coefficient (Wildman–Crippen LogP) is 2.92. The molecule has 3 aromatic rings. The van der Waals surface area contributed by atoms with Crippen LogP contribution in [0.4, 0.5) is 17.5 Å². The van der Waals surface area contributed by atoms with E-state index in [1.165, 1.54) is 5.56 Å². The van der Waals surface area contributed by atoms with Gasteiger partial charge in [0.05, 0.1) is 12.2 Å². The van der Waals surface area contributed by atoms with Gasteiger partial charge in [-0.25, -0.2) is 15.0 Å². The highest BCUT2D eigenvalue weighted by Crippen LogP contribution is 2.22. The number of carboxylic acid groups (broad SMARTS) is 1. The Morgan fingerprint density at radius 3 is 2.61 bits per heavy atom. The maximum absolute atomic E-state index is 10.9. The summed E-state index contributed by atoms with van der Waals surface area (Å²) in [7, 11) is 4.05. The number of carbonyl (C=O) groups is 1. The number of nitrogens with zero attached hydrogens (tertiary/aromatic N) is 6. The minimum Gasteiger partial charge on any atom is -0.480 e. The molecule has 1 saturated heterocycles. The van der Waals surface area contributed by atoms with Crippen molar-refractivity contribution in [3.8, 4) is 11.3 Å². The highest BCUT2D eigenvalue weighted by molar-refractivity contribution is 5.69. The number of unbranched alkanes of at least 4 members (excludes halogenated alkanes) is 1. The average molecular weight is 519 g/mol. The standard InChI is InChI=1S/C28H38N8O2/c1-29-11-3-4-13-34(2)26-9-8-23(19-31-26)25-10-12-30-28(33-25)32-24-7-5-6-22(18-24)20-35-14-16-36(17-15-35)21-27(37)38/h5-10,12,18-19,29H,3-4,11,13-17,20-21H2,1-2H3,(H,37,38)(H,30,32,33). The molecule has 1 fully saturated rings. The second-order valence-corrected chi connectivity index (χ2v) is 9.67. The van der Waals surface area contributed by atoms with E-state index in [0.29, 0.717) is 5.95 Å². The van der Waals surface area contributed by atoms with Gasteiger partial charge in [-0.2, -0.15) is 0 Å². The van der Waals surface area contributed by atoms with E-state index in [2.05, 4.69) is 55.6 Å². The molecule has 10 heteroatoms. The van der Waals surface area contributed by atoms with Gasteiger partial charge in [-0.05, 0) is 62.3 Å². The third-order valence-corrected chi connectivity index (χ3v) is 6.67. The van der Waals surface area contributed by atoms with Crippen LogP contribution in [0.5, 0.6) is 0 Å². The number of hydrogen-bond donors (Lipinski definition) is 3. The lowest BCUT2D eigenvalue weighted by Gasteiger charge is -2.33. The van der Waals surface area contributed by atoms with Crippen LogP contribution in [-0.2, 0) is 11.3 Å². The Balaban J connectivity index is 1.33. The zero-order chi connectivity index (χ0) is 26.7. The molecular weight excluding hydrogens is 480 g/mol. The molecule has 1 aliphatic heterocycles. The molecular formula is C28H38N8O2. The van der Waals surface area contributed by atoms with Crippen LogP contribution in [0.25, 0.3) is 11.3 Å². The average Bonchev–Trinajstić information content (AvgIpc) is 2.92. The van der Waals surface area contributed by atoms with E-state index in [4.69, 9.17) is 10.1 Å². The fourth-order valence-electron chi connectivity index (χ4n) is 4.54. The highest BCUT2D eigenvalue weighted by atomic mass is 16.4. The van der Waals surface area contributed by atoms with Gasteiger partial charge in [0.25, 0.3) is 0 Å². The van der Waals surface area contributed by atoms with Crippen molar-refractivity contribution in [3.05, 3.63) is 60.4 Å². The molecule has 0 bridgehead atoms. The summed E-state index contributed by atoms with van der Waals surface area (Å²) in [5.74, 6) is 0.717. The first-order valence-electron chi connectivity index (χ1n) is 13.2. The number of anilines is 3. The van der Waals surface area contributed by atoms with Crippen LogP contribution < -0.4 is 15.5 Å². The van der Waals surface area contributed by atoms with Crippen molar-refractivity contribution in [2.45, 2.75) is 19.4 Å². The third-order valence-electron chi connectivity index (χ3n) is 6.67. The van der Waals surface area contributed by atoms with Gasteiger partial charge < -0.3 is 20.6 Å². The summed E-state index contributed by atoms with van der Waals surface area (Å²) in [6.45, 7) is 6.18. The first kappa shape index (κ1) is 27.4. The number of benzene rings is 1. The number of aliphatic carboxylic acids is 1. The molecule has 0 atom stereocenters. The van der Waals surface area contributed by atoms with Gasteiger partial charge in [0.1, 0.15) is 5.82 Å². The topological polar surface area (TPSA) is 110 Å². The molecule has 4 rings (SSSR count). The molecule has 10 nitrogen and oxygen atoms in total. The zero-order valence-electron chi connectivity index (χ0n) is 22.3. The Bertz CT molecular complexity index is 1170. The van der Waals surface area contributed by atoms with Crippen LogP contribution in [0, 0.1) is 0 Å². The summed E-state index contributed by atoms with van der Waals surface area (Å²) in [5.41, 5.74) is 3.87. The van der Waals surface area contributed by atoms with Gasteiger partial charge in [-0.3, -0.25) is 14.6 Å². The van der Waals surface area contributed by atoms with Crippen LogP contribution in [-0.4, -0.2) is 95.7 Å². The van der Waals surface area contributed by atoms with Gasteiger partial charge in [0.2, 0.25) is 5.95 Å². The number of nitrogens with one attached hydrogen (secondary N) is 2. The molecule has 0 aliphatic carbocycles. The van der Waals surface area contributed by atoms with E-state index in [-0.39, 0.29) is 6.54 Å². The van der Waals surface area contributed by atoms with Crippen molar-refractivity contribution in [1.29, 1.82) is 0 Å². The van der Waals surface area contributed by atoms with Crippen LogP contribution in [0.2, 0.25) is 0 Å². The normalized spacial score (nSPS) is 14.4. The SMILES string of the molecule is CNCCCCN(C)c1ccc(-c2ccnc(Nc3cccc(CN4CCN(CC(=O)O)CC4)c3)n2)cn1. The van der Waals surface area contributed by atoms with Gasteiger partial charge in [-0.15, -0.1) is 0 Å². The summed E-state index contributed by atoms with van der Waals surface area (Å²) in [6.07, 6.45) is 5.88. The molecule has 202 valence electrons. The third kappa shape index (κ3) is 8.20. The molecule has 3 heterocycles. The van der Waals surface area contributed by atoms with Gasteiger partial charge >= 0.3 is 5.97 Å². The number of hydrogen-bond acceptors (Lipinski definition) is 9. The number of carboxylic acids is 1. The number of rotatable bonds is 13. The van der Waals surface area contributed by atoms with E-state index in [1.54, 1.807) is 6.20 Å². The fraction of sp³-hybridized carbons (Fsp3) is 0.429. The van der Waals surface area contributed by atoms with Crippen molar-refractivity contribution in [1.82, 2.24) is 30.1 Å². The van der Waals surface area contributed by atoms with Crippen LogP contribution in [0.15, 0.2) is 54.9 Å². The summed E-state index contributed by atoms with van der Waals surface area (Å²) in [6, 6.07) is 14.2. The smallest absolute Gasteiger partial charge is 0.317 e. The Labute approximate surface area is 224 Å². The molecule has 2 aromatic heterocycles. The largest absolute Gasteiger partial charge is 0.480 e. The summed E-state index contributed by atoms with van der Waals surface area (Å²) in [4.78, 5) is 31.2. The summed E-state index contributed by atoms with van der Waals surface area (Å²) in [5, 5.41) is 15.5. The first-order valence-corrected chi connectivity index (χ1v) is 13.2. The van der Waals surface area contributed by atoms with Crippen molar-refractivity contribution in [2.75, 3.05) is 70.1 Å². The first-order chi connectivity index (χ1) is 18.5. The lowest BCUT2D eigenvalue weighted by atomic mass is 10.1. The zero-order valence-corrected chi connectivity index (χ0v) is 22.3. The fourth-order valence-corrected chi connectivity index (χ4v) is 4.54. The molecule has 3 N–H and O–H groups in total. The minimum absolute atomic E-state index is 0.112. The Morgan fingerprint density at radius 2 is 1.87 bits per heavy atom. The van der Waals surface area contributed by atoms with E-state index < -0.39 is 5.97 Å². The quantitative estimate of drug-likeness (QED) is 0.292. The van der Waals surface area contributed by atoms with Gasteiger partial charge in [0, 0.05) is 70.0 Å². The molecule has 1 aromatic carbocycles. The van der Waals surface area contributed by atoms with Crippen LogP contribution in [0.1, 0.15) is 18.4 Å². The van der Waals surface area contributed by atoms with Crippen molar-refractivity contribution in [3.63, 3.8) is 0 Å². The van der Waals surface area contributed by atoms with Crippen LogP contribution in [0.3, 0.4) is 0 Å². The monoisotopic (exact) mass is 518 g/mol. The van der Waals surface area contributed by atoms with Gasteiger partial charge in [-0.1, -0.05) is 12.1 Å². The van der Waals surface area contributed by atoms with E-state index in [9.17, 15) is 4.79 Å². The van der Waals surface area contributed by atoms with E-state index in [0.717, 1.165) is 81.4 Å². The van der Waals surface area contributed by atoms with E-state index >= 15 is 0 Å². The van der Waals surface area contributed by atoms with Crippen molar-refractivity contribution in [2.24, 2.45) is 0 Å². The summed E-state index contributed by atoms with van der Waals surface area (Å²) < 4.78 is 0. The Morgan fingerprint density at radius 1 is 1.05 bits per heavy atom. The minimum atomic E-state index is -0.768. The molecule has 0 saturated carbocycles. The molecule has 1 aliphatic rings. The van der Waals surface area contributed by atoms with Gasteiger partial charge in [0.15, 0.2) is 0 Å². The lowest BCUT2D eigenvalue weighted by molar-refractivity contribution is -0.138. The van der Waals surface area contributed by atoms with E-state index in [1.807, 2.05) is 42.4 Å². The Kier molecular flexibility index (Phi) is 9.97. The van der Waals surface area contributed by atoms with Crippen LogP contribution >= 0.6 is 0 Å². The Hall–Kier alpha value is -3.60. The molecule has 0 spiro atoms. The lowest BCUT2D eigenvalue weighted by Crippen LogP contribution is -2.47. The molecule has 0 unspecified atom stereocenters. The maximum Gasteiger partial charge on any atom is 0.317 e. The maximum atomic E-state index is 10.9. The second kappa shape index (κ2) is 13.8. The second-order valence-electron chi connectivity index (χ2n) is 9.67. The highest BCUT2D eigenvalue weighted by Gasteiger charge is 2.18. The molecule has 38 heavy (non-hydrogen) atoms. The predicted molar refractivity (Wildman–Crippen MR) is 151 cm³/mol. The van der Waals surface area contributed by atoms with Crippen molar-refractivity contribution >= 4 is 23.4 Å². The summed E-state index contributed by atoms with van der Waals surface area (Å²) >= 11 is 0. The molecule has 0 amide bonds. The van der Waals surface area contributed by atoms with Crippen molar-refractivity contribution < 1.29 is 9.90 Å².